The lowest BCUT2D eigenvalue weighted by Gasteiger charge is -2.43. The molecular formula is C23H37N5O4. The molecular weight excluding hydrogens is 410 g/mol. The Morgan fingerprint density at radius 1 is 1.12 bits per heavy atom. The van der Waals surface area contributed by atoms with Gasteiger partial charge in [0.15, 0.2) is 0 Å². The summed E-state index contributed by atoms with van der Waals surface area (Å²) in [6, 6.07) is -0.458. The number of nitrogens with zero attached hydrogens (tertiary/aromatic N) is 4. The lowest BCUT2D eigenvalue weighted by Crippen LogP contribution is -2.56. The maximum atomic E-state index is 13.3. The summed E-state index contributed by atoms with van der Waals surface area (Å²) in [7, 11) is 0. The molecule has 0 unspecified atom stereocenters. The van der Waals surface area contributed by atoms with E-state index in [-0.39, 0.29) is 35.8 Å². The molecule has 6 amide bonds. The van der Waals surface area contributed by atoms with Crippen LogP contribution in [0.1, 0.15) is 53.9 Å². The van der Waals surface area contributed by atoms with E-state index in [9.17, 15) is 19.2 Å². The summed E-state index contributed by atoms with van der Waals surface area (Å²) in [4.78, 5) is 58.2. The molecule has 0 bridgehead atoms. The number of carbonyl (C=O) groups is 4. The average molecular weight is 448 g/mol. The molecule has 9 heteroatoms. The van der Waals surface area contributed by atoms with Gasteiger partial charge in [-0.2, -0.15) is 0 Å². The van der Waals surface area contributed by atoms with Crippen LogP contribution in [0, 0.1) is 17.3 Å². The monoisotopic (exact) mass is 447 g/mol. The second-order valence-electron chi connectivity index (χ2n) is 11.5. The molecule has 3 atom stereocenters. The predicted molar refractivity (Wildman–Crippen MR) is 119 cm³/mol. The fourth-order valence-corrected chi connectivity index (χ4v) is 6.48. The van der Waals surface area contributed by atoms with E-state index < -0.39 is 11.6 Å². The van der Waals surface area contributed by atoms with Crippen molar-refractivity contribution in [1.82, 2.24) is 24.9 Å². The van der Waals surface area contributed by atoms with Gasteiger partial charge in [0.2, 0.25) is 5.91 Å². The van der Waals surface area contributed by atoms with Gasteiger partial charge in [0, 0.05) is 32.7 Å². The number of rotatable bonds is 4. The number of fused-ring (bicyclic) bond motifs is 1. The lowest BCUT2D eigenvalue weighted by molar-refractivity contribution is -0.141. The van der Waals surface area contributed by atoms with Crippen molar-refractivity contribution in [2.24, 2.45) is 17.3 Å². The molecule has 3 aliphatic heterocycles. The highest BCUT2D eigenvalue weighted by Crippen LogP contribution is 2.46. The van der Waals surface area contributed by atoms with E-state index >= 15 is 0 Å². The van der Waals surface area contributed by atoms with E-state index in [1.54, 1.807) is 4.90 Å². The molecule has 3 heterocycles. The summed E-state index contributed by atoms with van der Waals surface area (Å²) >= 11 is 0. The standard InChI is InChI=1S/C23H37N5O4/c1-15(2)10-26-12-17-11-25(6-7-27(17)21(26)32)18(29)13-28-19(30)23(24-20(28)31)9-16(3)8-22(4,5)14-23/h15-17H,6-14H2,1-5H3,(H,24,31)/t16-,17-,23-/m0/s1. The van der Waals surface area contributed by atoms with Crippen molar-refractivity contribution >= 4 is 23.9 Å². The maximum absolute atomic E-state index is 13.3. The minimum atomic E-state index is -0.896. The molecule has 3 saturated heterocycles. The number of carbonyl (C=O) groups excluding carboxylic acids is 4. The zero-order valence-corrected chi connectivity index (χ0v) is 20.0. The normalized spacial score (nSPS) is 32.2. The number of piperazine rings is 1. The van der Waals surface area contributed by atoms with Crippen LogP contribution in [0.4, 0.5) is 9.59 Å². The molecule has 0 aromatic rings. The fraction of sp³-hybridized carbons (Fsp3) is 0.826. The Morgan fingerprint density at radius 2 is 1.84 bits per heavy atom. The quantitative estimate of drug-likeness (QED) is 0.664. The number of urea groups is 2. The minimum absolute atomic E-state index is 0.0339. The summed E-state index contributed by atoms with van der Waals surface area (Å²) in [5, 5.41) is 2.94. The molecule has 0 radical (unpaired) electrons. The SMILES string of the molecule is CC(C)CN1C[C@@H]2CN(C(=O)CN3C(=O)N[C@]4(C[C@@H](C)CC(C)(C)C4)C3=O)CCN2C1=O. The Kier molecular flexibility index (Phi) is 5.66. The molecule has 32 heavy (non-hydrogen) atoms. The molecule has 4 aliphatic rings. The van der Waals surface area contributed by atoms with Gasteiger partial charge >= 0.3 is 12.1 Å². The topological polar surface area (TPSA) is 93.3 Å². The highest BCUT2D eigenvalue weighted by molar-refractivity contribution is 6.09. The van der Waals surface area contributed by atoms with Gasteiger partial charge in [-0.3, -0.25) is 14.5 Å². The maximum Gasteiger partial charge on any atom is 0.325 e. The van der Waals surface area contributed by atoms with Crippen LogP contribution in [0.5, 0.6) is 0 Å². The van der Waals surface area contributed by atoms with Crippen molar-refractivity contribution in [1.29, 1.82) is 0 Å². The second kappa shape index (κ2) is 7.92. The predicted octanol–water partition coefficient (Wildman–Crippen LogP) is 1.73. The van der Waals surface area contributed by atoms with E-state index in [1.165, 1.54) is 0 Å². The first-order valence-corrected chi connectivity index (χ1v) is 11.9. The molecule has 9 nitrogen and oxygen atoms in total. The molecule has 4 fully saturated rings. The van der Waals surface area contributed by atoms with E-state index in [4.69, 9.17) is 0 Å². The number of imide groups is 1. The van der Waals surface area contributed by atoms with Gasteiger partial charge in [0.1, 0.15) is 12.1 Å². The van der Waals surface area contributed by atoms with Gasteiger partial charge in [-0.1, -0.05) is 34.6 Å². The summed E-state index contributed by atoms with van der Waals surface area (Å²) in [6.07, 6.45) is 2.21. The van der Waals surface area contributed by atoms with Crippen LogP contribution < -0.4 is 5.32 Å². The first kappa shape index (κ1) is 22.9. The van der Waals surface area contributed by atoms with Crippen LogP contribution in [0.15, 0.2) is 0 Å². The average Bonchev–Trinajstić information content (AvgIpc) is 3.07. The van der Waals surface area contributed by atoms with E-state index in [0.29, 0.717) is 57.4 Å². The van der Waals surface area contributed by atoms with Crippen molar-refractivity contribution < 1.29 is 19.2 Å². The molecule has 178 valence electrons. The summed E-state index contributed by atoms with van der Waals surface area (Å²) in [6.45, 7) is 13.0. The second-order valence-corrected chi connectivity index (χ2v) is 11.5. The van der Waals surface area contributed by atoms with Crippen LogP contribution in [-0.4, -0.2) is 94.3 Å². The largest absolute Gasteiger partial charge is 0.337 e. The summed E-state index contributed by atoms with van der Waals surface area (Å²) in [5.41, 5.74) is -0.944. The van der Waals surface area contributed by atoms with Gasteiger partial charge in [0.25, 0.3) is 5.91 Å². The van der Waals surface area contributed by atoms with Gasteiger partial charge in [-0.25, -0.2) is 9.59 Å². The van der Waals surface area contributed by atoms with Gasteiger partial charge in [0.05, 0.1) is 6.04 Å². The minimum Gasteiger partial charge on any atom is -0.337 e. The number of hydrogen-bond donors (Lipinski definition) is 1. The zero-order valence-electron chi connectivity index (χ0n) is 20.0. The smallest absolute Gasteiger partial charge is 0.325 e. The number of nitrogens with one attached hydrogen (secondary N) is 1. The van der Waals surface area contributed by atoms with Gasteiger partial charge in [-0.15, -0.1) is 0 Å². The van der Waals surface area contributed by atoms with E-state index in [2.05, 4.69) is 39.9 Å². The third-order valence-electron chi connectivity index (χ3n) is 7.29. The summed E-state index contributed by atoms with van der Waals surface area (Å²) in [5.74, 6) is 0.203. The van der Waals surface area contributed by atoms with Gasteiger partial charge in [-0.05, 0) is 36.5 Å². The Labute approximate surface area is 190 Å². The zero-order chi connectivity index (χ0) is 23.4. The third kappa shape index (κ3) is 4.06. The van der Waals surface area contributed by atoms with Crippen LogP contribution in [0.25, 0.3) is 0 Å². The molecule has 1 spiro atoms. The van der Waals surface area contributed by atoms with Crippen molar-refractivity contribution in [3.05, 3.63) is 0 Å². The molecule has 0 aromatic carbocycles. The Balaban J connectivity index is 1.40. The van der Waals surface area contributed by atoms with Crippen LogP contribution in [0.2, 0.25) is 0 Å². The molecule has 0 aromatic heterocycles. The first-order chi connectivity index (χ1) is 14.9. The third-order valence-corrected chi connectivity index (χ3v) is 7.29. The van der Waals surface area contributed by atoms with Crippen LogP contribution in [0.3, 0.4) is 0 Å². The van der Waals surface area contributed by atoms with E-state index in [1.807, 2.05) is 9.80 Å². The van der Waals surface area contributed by atoms with Crippen molar-refractivity contribution in [2.75, 3.05) is 39.3 Å². The summed E-state index contributed by atoms with van der Waals surface area (Å²) < 4.78 is 0. The van der Waals surface area contributed by atoms with Crippen molar-refractivity contribution in [3.8, 4) is 0 Å². The van der Waals surface area contributed by atoms with Crippen molar-refractivity contribution in [2.45, 2.75) is 65.5 Å². The number of hydrogen-bond acceptors (Lipinski definition) is 4. The lowest BCUT2D eigenvalue weighted by atomic mass is 9.64. The Hall–Kier alpha value is -2.32. The number of amides is 6. The van der Waals surface area contributed by atoms with Gasteiger partial charge < -0.3 is 20.0 Å². The molecule has 1 saturated carbocycles. The Bertz CT molecular complexity index is 827. The highest BCUT2D eigenvalue weighted by Gasteiger charge is 2.56. The molecule has 1 N–H and O–H groups in total. The van der Waals surface area contributed by atoms with Crippen molar-refractivity contribution in [3.63, 3.8) is 0 Å². The fourth-order valence-electron chi connectivity index (χ4n) is 6.48. The first-order valence-electron chi connectivity index (χ1n) is 11.9. The Morgan fingerprint density at radius 3 is 2.50 bits per heavy atom. The van der Waals surface area contributed by atoms with E-state index in [0.717, 1.165) is 11.3 Å². The van der Waals surface area contributed by atoms with Crippen LogP contribution in [-0.2, 0) is 9.59 Å². The van der Waals surface area contributed by atoms with Crippen LogP contribution >= 0.6 is 0 Å². The molecule has 1 aliphatic carbocycles. The highest BCUT2D eigenvalue weighted by atomic mass is 16.2. The molecule has 4 rings (SSSR count).